The van der Waals surface area contributed by atoms with Crippen LogP contribution in [0.3, 0.4) is 0 Å². The average Bonchev–Trinajstić information content (AvgIpc) is 3.07. The van der Waals surface area contributed by atoms with Gasteiger partial charge in [-0.3, -0.25) is 9.59 Å². The number of nitrogens with one attached hydrogen (secondary N) is 2. The van der Waals surface area contributed by atoms with Crippen LogP contribution in [0.4, 0.5) is 14.5 Å². The minimum Gasteiger partial charge on any atom is -0.351 e. The minimum atomic E-state index is -0.868. The lowest BCUT2D eigenvalue weighted by molar-refractivity contribution is 0.0947. The Morgan fingerprint density at radius 2 is 2.00 bits per heavy atom. The van der Waals surface area contributed by atoms with Crippen molar-refractivity contribution in [3.8, 4) is 0 Å². The van der Waals surface area contributed by atoms with E-state index in [-0.39, 0.29) is 23.1 Å². The van der Waals surface area contributed by atoms with Gasteiger partial charge in [-0.25, -0.2) is 13.8 Å². The second-order valence-corrected chi connectivity index (χ2v) is 6.88. The van der Waals surface area contributed by atoms with Crippen molar-refractivity contribution >= 4 is 17.5 Å². The first kappa shape index (κ1) is 20.0. The van der Waals surface area contributed by atoms with Crippen molar-refractivity contribution in [3.05, 3.63) is 47.0 Å². The molecule has 2 amide bonds. The summed E-state index contributed by atoms with van der Waals surface area (Å²) in [6, 6.07) is 2.92. The summed E-state index contributed by atoms with van der Waals surface area (Å²) in [6.45, 7) is 3.21. The van der Waals surface area contributed by atoms with Gasteiger partial charge in [0.1, 0.15) is 17.3 Å². The SMILES string of the molecule is CCCCCNC(=O)c1nc(C(=O)Nc2ccc(F)cc2F)n2c1CCCC2. The number of carbonyl (C=O) groups excluding carboxylic acids is 2. The Kier molecular flexibility index (Phi) is 6.38. The molecule has 2 aromatic rings. The molecule has 0 atom stereocenters. The first-order valence-electron chi connectivity index (χ1n) is 9.65. The number of hydrogen-bond acceptors (Lipinski definition) is 3. The molecule has 0 spiro atoms. The monoisotopic (exact) mass is 390 g/mol. The fourth-order valence-electron chi connectivity index (χ4n) is 3.33. The lowest BCUT2D eigenvalue weighted by Gasteiger charge is -2.17. The second kappa shape index (κ2) is 8.95. The lowest BCUT2D eigenvalue weighted by atomic mass is 10.1. The smallest absolute Gasteiger partial charge is 0.291 e. The lowest BCUT2D eigenvalue weighted by Crippen LogP contribution is -2.26. The zero-order chi connectivity index (χ0) is 20.1. The molecule has 0 radical (unpaired) electrons. The van der Waals surface area contributed by atoms with Crippen molar-refractivity contribution in [2.75, 3.05) is 11.9 Å². The summed E-state index contributed by atoms with van der Waals surface area (Å²) in [5.74, 6) is -2.45. The van der Waals surface area contributed by atoms with Crippen LogP contribution < -0.4 is 10.6 Å². The third kappa shape index (κ3) is 4.37. The van der Waals surface area contributed by atoms with Crippen molar-refractivity contribution < 1.29 is 18.4 Å². The van der Waals surface area contributed by atoms with E-state index in [0.29, 0.717) is 25.6 Å². The Balaban J connectivity index is 1.81. The summed E-state index contributed by atoms with van der Waals surface area (Å²) in [6.07, 6.45) is 5.40. The van der Waals surface area contributed by atoms with Crippen LogP contribution in [0.25, 0.3) is 0 Å². The molecule has 0 unspecified atom stereocenters. The van der Waals surface area contributed by atoms with Gasteiger partial charge in [-0.15, -0.1) is 0 Å². The number of halogens is 2. The standard InChI is InChI=1S/C20H24F2N4O2/c1-2-3-5-10-23-19(27)17-16-7-4-6-11-26(16)18(25-17)20(28)24-15-9-8-13(21)12-14(15)22/h8-9,12H,2-7,10-11H2,1H3,(H,23,27)(H,24,28). The molecule has 1 aliphatic heterocycles. The van der Waals surface area contributed by atoms with Crippen LogP contribution in [0.2, 0.25) is 0 Å². The van der Waals surface area contributed by atoms with E-state index in [1.807, 2.05) is 0 Å². The summed E-state index contributed by atoms with van der Waals surface area (Å²) < 4.78 is 28.6. The molecular weight excluding hydrogens is 366 g/mol. The summed E-state index contributed by atoms with van der Waals surface area (Å²) in [5, 5.41) is 5.27. The predicted octanol–water partition coefficient (Wildman–Crippen LogP) is 3.67. The Labute approximate surface area is 162 Å². The van der Waals surface area contributed by atoms with Crippen LogP contribution in [-0.2, 0) is 13.0 Å². The van der Waals surface area contributed by atoms with Crippen LogP contribution in [0.15, 0.2) is 18.2 Å². The van der Waals surface area contributed by atoms with Crippen molar-refractivity contribution in [3.63, 3.8) is 0 Å². The van der Waals surface area contributed by atoms with Gasteiger partial charge in [0.25, 0.3) is 11.8 Å². The van der Waals surface area contributed by atoms with Crippen molar-refractivity contribution in [2.45, 2.75) is 52.0 Å². The molecule has 8 heteroatoms. The fourth-order valence-corrected chi connectivity index (χ4v) is 3.33. The predicted molar refractivity (Wildman–Crippen MR) is 101 cm³/mol. The largest absolute Gasteiger partial charge is 0.351 e. The molecule has 0 bridgehead atoms. The maximum absolute atomic E-state index is 13.9. The number of benzene rings is 1. The fraction of sp³-hybridized carbons (Fsp3) is 0.450. The van der Waals surface area contributed by atoms with E-state index in [2.05, 4.69) is 22.5 Å². The van der Waals surface area contributed by atoms with Gasteiger partial charge in [0.05, 0.1) is 11.4 Å². The van der Waals surface area contributed by atoms with Crippen LogP contribution >= 0.6 is 0 Å². The van der Waals surface area contributed by atoms with Crippen molar-refractivity contribution in [1.82, 2.24) is 14.9 Å². The van der Waals surface area contributed by atoms with E-state index < -0.39 is 17.5 Å². The third-order valence-corrected chi connectivity index (χ3v) is 4.78. The number of unbranched alkanes of at least 4 members (excludes halogenated alkanes) is 2. The van der Waals surface area contributed by atoms with Crippen LogP contribution in [-0.4, -0.2) is 27.9 Å². The zero-order valence-electron chi connectivity index (χ0n) is 15.9. The number of imidazole rings is 1. The van der Waals surface area contributed by atoms with Crippen LogP contribution in [0, 0.1) is 11.6 Å². The average molecular weight is 390 g/mol. The minimum absolute atomic E-state index is 0.0668. The van der Waals surface area contributed by atoms with Crippen molar-refractivity contribution in [1.29, 1.82) is 0 Å². The molecule has 0 saturated carbocycles. The molecule has 0 saturated heterocycles. The van der Waals surface area contributed by atoms with E-state index in [0.717, 1.165) is 49.9 Å². The highest BCUT2D eigenvalue weighted by Crippen LogP contribution is 2.23. The molecule has 0 fully saturated rings. The highest BCUT2D eigenvalue weighted by atomic mass is 19.1. The van der Waals surface area contributed by atoms with Crippen LogP contribution in [0.1, 0.15) is 65.8 Å². The maximum Gasteiger partial charge on any atom is 0.291 e. The van der Waals surface area contributed by atoms with Gasteiger partial charge >= 0.3 is 0 Å². The van der Waals surface area contributed by atoms with Gasteiger partial charge in [-0.2, -0.15) is 0 Å². The molecule has 1 aromatic heterocycles. The number of fused-ring (bicyclic) bond motifs is 1. The molecular formula is C20H24F2N4O2. The molecule has 2 heterocycles. The van der Waals surface area contributed by atoms with E-state index in [1.54, 1.807) is 4.57 Å². The van der Waals surface area contributed by atoms with Gasteiger partial charge in [0.2, 0.25) is 0 Å². The molecule has 150 valence electrons. The summed E-state index contributed by atoms with van der Waals surface area (Å²) in [4.78, 5) is 29.5. The van der Waals surface area contributed by atoms with Gasteiger partial charge in [0, 0.05) is 19.2 Å². The van der Waals surface area contributed by atoms with Gasteiger partial charge in [-0.05, 0) is 37.8 Å². The topological polar surface area (TPSA) is 76.0 Å². The number of amides is 2. The number of rotatable bonds is 7. The van der Waals surface area contributed by atoms with E-state index >= 15 is 0 Å². The zero-order valence-corrected chi connectivity index (χ0v) is 15.9. The molecule has 2 N–H and O–H groups in total. The maximum atomic E-state index is 13.9. The van der Waals surface area contributed by atoms with E-state index in [1.165, 1.54) is 0 Å². The first-order chi connectivity index (χ1) is 13.5. The Morgan fingerprint density at radius 3 is 2.75 bits per heavy atom. The molecule has 0 aliphatic carbocycles. The molecule has 28 heavy (non-hydrogen) atoms. The quantitative estimate of drug-likeness (QED) is 0.709. The number of anilines is 1. The summed E-state index contributed by atoms with van der Waals surface area (Å²) in [5.41, 5.74) is 0.843. The number of hydrogen-bond donors (Lipinski definition) is 2. The summed E-state index contributed by atoms with van der Waals surface area (Å²) in [7, 11) is 0. The number of carbonyl (C=O) groups is 2. The highest BCUT2D eigenvalue weighted by molar-refractivity contribution is 6.03. The van der Waals surface area contributed by atoms with Crippen molar-refractivity contribution in [2.24, 2.45) is 0 Å². The normalized spacial score (nSPS) is 13.1. The first-order valence-corrected chi connectivity index (χ1v) is 9.65. The van der Waals surface area contributed by atoms with Gasteiger partial charge < -0.3 is 15.2 Å². The summed E-state index contributed by atoms with van der Waals surface area (Å²) >= 11 is 0. The van der Waals surface area contributed by atoms with E-state index in [9.17, 15) is 18.4 Å². The Morgan fingerprint density at radius 1 is 1.18 bits per heavy atom. The van der Waals surface area contributed by atoms with E-state index in [4.69, 9.17) is 0 Å². The Bertz CT molecular complexity index is 879. The number of aromatic nitrogens is 2. The number of nitrogens with zero attached hydrogens (tertiary/aromatic N) is 2. The second-order valence-electron chi connectivity index (χ2n) is 6.88. The molecule has 6 nitrogen and oxygen atoms in total. The van der Waals surface area contributed by atoms with Gasteiger partial charge in [-0.1, -0.05) is 19.8 Å². The molecule has 3 rings (SSSR count). The molecule has 1 aliphatic rings. The van der Waals surface area contributed by atoms with Crippen LogP contribution in [0.5, 0.6) is 0 Å². The Hall–Kier alpha value is -2.77. The van der Waals surface area contributed by atoms with Gasteiger partial charge in [0.15, 0.2) is 5.82 Å². The third-order valence-electron chi connectivity index (χ3n) is 4.78. The highest BCUT2D eigenvalue weighted by Gasteiger charge is 2.27. The molecule has 1 aromatic carbocycles.